The molecule has 0 aliphatic heterocycles. The first-order valence-corrected chi connectivity index (χ1v) is 5.45. The molecule has 0 saturated heterocycles. The van der Waals surface area contributed by atoms with Gasteiger partial charge in [-0.3, -0.25) is 0 Å². The Labute approximate surface area is 94.4 Å². The number of nitrogens with one attached hydrogen (secondary N) is 1. The van der Waals surface area contributed by atoms with Gasteiger partial charge in [0.05, 0.1) is 6.42 Å². The second-order valence-corrected chi connectivity index (χ2v) is 5.55. The molecule has 0 amide bonds. The molecule has 0 aromatic carbocycles. The van der Waals surface area contributed by atoms with Crippen LogP contribution in [0, 0.1) is 5.41 Å². The summed E-state index contributed by atoms with van der Waals surface area (Å²) in [6.45, 7) is 6.53. The summed E-state index contributed by atoms with van der Waals surface area (Å²) in [5.41, 5.74) is 0.109. The molecule has 92 valence electrons. The van der Waals surface area contributed by atoms with Gasteiger partial charge in [0, 0.05) is 18.5 Å². The topological polar surface area (TPSA) is 12.0 Å². The van der Waals surface area contributed by atoms with Crippen molar-refractivity contribution >= 4 is 11.6 Å². The first kappa shape index (κ1) is 15.0. The summed E-state index contributed by atoms with van der Waals surface area (Å²) in [5, 5.41) is 2.60. The molecule has 0 rings (SSSR count). The smallest absolute Gasteiger partial charge is 0.315 e. The lowest BCUT2D eigenvalue weighted by molar-refractivity contribution is -0.133. The molecule has 0 bridgehead atoms. The molecule has 1 unspecified atom stereocenters. The minimum absolute atomic E-state index is 0.0587. The molecular weight excluding hydrogens is 227 g/mol. The zero-order valence-corrected chi connectivity index (χ0v) is 10.2. The monoisotopic (exact) mass is 245 g/mol. The second-order valence-electron chi connectivity index (χ2n) is 4.93. The van der Waals surface area contributed by atoms with Gasteiger partial charge in [0.25, 0.3) is 0 Å². The summed E-state index contributed by atoms with van der Waals surface area (Å²) in [5.74, 6) is 0. The Morgan fingerprint density at radius 2 is 1.73 bits per heavy atom. The second kappa shape index (κ2) is 5.94. The zero-order chi connectivity index (χ0) is 12.1. The lowest BCUT2D eigenvalue weighted by Crippen LogP contribution is -2.29. The maximum Gasteiger partial charge on any atom is 0.390 e. The first-order chi connectivity index (χ1) is 6.60. The minimum Gasteiger partial charge on any atom is -0.315 e. The molecule has 0 aliphatic carbocycles. The van der Waals surface area contributed by atoms with Crippen molar-refractivity contribution in [3.8, 4) is 0 Å². The molecule has 1 atom stereocenters. The van der Waals surface area contributed by atoms with Gasteiger partial charge in [0.1, 0.15) is 0 Å². The van der Waals surface area contributed by atoms with E-state index in [1.165, 1.54) is 0 Å². The van der Waals surface area contributed by atoms with Crippen molar-refractivity contribution in [2.75, 3.05) is 13.1 Å². The van der Waals surface area contributed by atoms with Crippen LogP contribution in [0.5, 0.6) is 0 Å². The Balaban J connectivity index is 3.52. The molecule has 0 radical (unpaired) electrons. The van der Waals surface area contributed by atoms with Crippen LogP contribution in [0.15, 0.2) is 0 Å². The Hall–Kier alpha value is 0.0400. The van der Waals surface area contributed by atoms with Gasteiger partial charge < -0.3 is 5.32 Å². The van der Waals surface area contributed by atoms with E-state index < -0.39 is 12.6 Å². The highest BCUT2D eigenvalue weighted by atomic mass is 35.5. The third-order valence-corrected chi connectivity index (χ3v) is 2.09. The molecule has 0 fully saturated rings. The van der Waals surface area contributed by atoms with Gasteiger partial charge in [-0.15, -0.1) is 11.6 Å². The number of hydrogen-bond donors (Lipinski definition) is 1. The normalized spacial score (nSPS) is 15.4. The summed E-state index contributed by atoms with van der Waals surface area (Å²) in [7, 11) is 0. The summed E-state index contributed by atoms with van der Waals surface area (Å²) in [4.78, 5) is 0. The molecule has 1 nitrogen and oxygen atoms in total. The van der Waals surface area contributed by atoms with Gasteiger partial charge in [-0.1, -0.05) is 20.8 Å². The summed E-state index contributed by atoms with van der Waals surface area (Å²) in [6.07, 6.45) is -4.10. The van der Waals surface area contributed by atoms with Crippen molar-refractivity contribution in [2.24, 2.45) is 5.41 Å². The fourth-order valence-corrected chi connectivity index (χ4v) is 1.80. The average molecular weight is 246 g/mol. The maximum atomic E-state index is 11.8. The van der Waals surface area contributed by atoms with E-state index in [4.69, 9.17) is 11.6 Å². The van der Waals surface area contributed by atoms with Crippen LogP contribution < -0.4 is 5.32 Å². The van der Waals surface area contributed by atoms with Gasteiger partial charge in [-0.25, -0.2) is 0 Å². The quantitative estimate of drug-likeness (QED) is 0.577. The van der Waals surface area contributed by atoms with E-state index in [2.05, 4.69) is 26.1 Å². The Bertz CT molecular complexity index is 174. The molecule has 0 heterocycles. The van der Waals surface area contributed by atoms with Crippen molar-refractivity contribution in [3.05, 3.63) is 0 Å². The molecule has 0 aromatic rings. The summed E-state index contributed by atoms with van der Waals surface area (Å²) >= 11 is 5.97. The minimum atomic E-state index is -4.08. The van der Waals surface area contributed by atoms with Crippen LogP contribution >= 0.6 is 11.6 Å². The fourth-order valence-electron chi connectivity index (χ4n) is 1.23. The standard InChI is InChI=1S/C10H19ClF3N/c1-9(2,3)6-8(11)7-15-5-4-10(12,13)14/h8,15H,4-7H2,1-3H3. The predicted octanol–water partition coefficient (Wildman–Crippen LogP) is 3.57. The van der Waals surface area contributed by atoms with Crippen LogP contribution in [-0.2, 0) is 0 Å². The van der Waals surface area contributed by atoms with Gasteiger partial charge >= 0.3 is 6.18 Å². The van der Waals surface area contributed by atoms with Crippen molar-refractivity contribution in [3.63, 3.8) is 0 Å². The number of alkyl halides is 4. The van der Waals surface area contributed by atoms with E-state index in [1.54, 1.807) is 0 Å². The number of halogens is 4. The van der Waals surface area contributed by atoms with Crippen molar-refractivity contribution < 1.29 is 13.2 Å². The molecule has 0 saturated carbocycles. The van der Waals surface area contributed by atoms with E-state index in [9.17, 15) is 13.2 Å². The molecule has 0 aliphatic rings. The molecule has 15 heavy (non-hydrogen) atoms. The Kier molecular flexibility index (Phi) is 5.96. The third-order valence-electron chi connectivity index (χ3n) is 1.78. The predicted molar refractivity (Wildman–Crippen MR) is 57.3 cm³/mol. The molecule has 5 heteroatoms. The lowest BCUT2D eigenvalue weighted by Gasteiger charge is -2.22. The maximum absolute atomic E-state index is 11.8. The van der Waals surface area contributed by atoms with Crippen molar-refractivity contribution in [2.45, 2.75) is 45.2 Å². The van der Waals surface area contributed by atoms with Crippen LogP contribution in [0.1, 0.15) is 33.6 Å². The van der Waals surface area contributed by atoms with E-state index in [0.29, 0.717) is 6.54 Å². The van der Waals surface area contributed by atoms with Gasteiger partial charge in [0.2, 0.25) is 0 Å². The lowest BCUT2D eigenvalue weighted by atomic mass is 9.90. The average Bonchev–Trinajstić information content (AvgIpc) is 1.92. The Morgan fingerprint density at radius 3 is 2.13 bits per heavy atom. The molecule has 0 aromatic heterocycles. The molecule has 1 N–H and O–H groups in total. The van der Waals surface area contributed by atoms with Crippen LogP contribution in [0.2, 0.25) is 0 Å². The van der Waals surface area contributed by atoms with E-state index >= 15 is 0 Å². The zero-order valence-electron chi connectivity index (χ0n) is 9.42. The molecular formula is C10H19ClF3N. The third kappa shape index (κ3) is 12.0. The van der Waals surface area contributed by atoms with Gasteiger partial charge in [0.15, 0.2) is 0 Å². The highest BCUT2D eigenvalue weighted by molar-refractivity contribution is 6.20. The molecule has 0 spiro atoms. The fraction of sp³-hybridized carbons (Fsp3) is 1.00. The van der Waals surface area contributed by atoms with Crippen molar-refractivity contribution in [1.29, 1.82) is 0 Å². The van der Waals surface area contributed by atoms with Crippen LogP contribution in [-0.4, -0.2) is 24.6 Å². The highest BCUT2D eigenvalue weighted by Gasteiger charge is 2.26. The number of hydrogen-bond acceptors (Lipinski definition) is 1. The first-order valence-electron chi connectivity index (χ1n) is 5.02. The van der Waals surface area contributed by atoms with Crippen LogP contribution in [0.4, 0.5) is 13.2 Å². The SMILES string of the molecule is CC(C)(C)CC(Cl)CNCCC(F)(F)F. The van der Waals surface area contributed by atoms with Crippen LogP contribution in [0.3, 0.4) is 0 Å². The highest BCUT2D eigenvalue weighted by Crippen LogP contribution is 2.23. The van der Waals surface area contributed by atoms with Gasteiger partial charge in [-0.05, 0) is 11.8 Å². The summed E-state index contributed by atoms with van der Waals surface area (Å²) < 4.78 is 35.3. The summed E-state index contributed by atoms with van der Waals surface area (Å²) in [6, 6.07) is 0. The van der Waals surface area contributed by atoms with E-state index in [0.717, 1.165) is 6.42 Å². The van der Waals surface area contributed by atoms with E-state index in [-0.39, 0.29) is 17.3 Å². The largest absolute Gasteiger partial charge is 0.390 e. The Morgan fingerprint density at radius 1 is 1.20 bits per heavy atom. The van der Waals surface area contributed by atoms with E-state index in [1.807, 2.05) is 0 Å². The van der Waals surface area contributed by atoms with Crippen molar-refractivity contribution in [1.82, 2.24) is 5.32 Å². The number of rotatable bonds is 5. The van der Waals surface area contributed by atoms with Gasteiger partial charge in [-0.2, -0.15) is 13.2 Å². The van der Waals surface area contributed by atoms with Crippen LogP contribution in [0.25, 0.3) is 0 Å².